The standard InChI is InChI=1S/C10H6ClF2N3O/c1-17-9-6(12)2-5(3-14-9)8-7(13)4-15-10(11)16-8/h2-4H,1H3. The van der Waals surface area contributed by atoms with Crippen molar-refractivity contribution in [3.8, 4) is 17.1 Å². The Labute approximate surface area is 100 Å². The zero-order valence-corrected chi connectivity index (χ0v) is 9.37. The topological polar surface area (TPSA) is 47.9 Å². The Morgan fingerprint density at radius 1 is 1.18 bits per heavy atom. The van der Waals surface area contributed by atoms with E-state index >= 15 is 0 Å². The van der Waals surface area contributed by atoms with Crippen molar-refractivity contribution in [2.45, 2.75) is 0 Å². The smallest absolute Gasteiger partial charge is 0.250 e. The second-order valence-corrected chi connectivity index (χ2v) is 3.39. The minimum atomic E-state index is -0.709. The van der Waals surface area contributed by atoms with E-state index in [0.717, 1.165) is 12.3 Å². The zero-order chi connectivity index (χ0) is 12.4. The van der Waals surface area contributed by atoms with Crippen molar-refractivity contribution < 1.29 is 13.5 Å². The van der Waals surface area contributed by atoms with Gasteiger partial charge in [0, 0.05) is 11.8 Å². The molecular weight excluding hydrogens is 252 g/mol. The van der Waals surface area contributed by atoms with Crippen LogP contribution in [0.15, 0.2) is 18.5 Å². The molecule has 4 nitrogen and oxygen atoms in total. The van der Waals surface area contributed by atoms with E-state index in [9.17, 15) is 8.78 Å². The number of aromatic nitrogens is 3. The molecule has 0 saturated carbocycles. The molecule has 2 aromatic rings. The summed E-state index contributed by atoms with van der Waals surface area (Å²) in [7, 11) is 1.28. The Balaban J connectivity index is 2.53. The van der Waals surface area contributed by atoms with Crippen LogP contribution in [0.4, 0.5) is 8.78 Å². The van der Waals surface area contributed by atoms with Crippen molar-refractivity contribution in [3.05, 3.63) is 35.4 Å². The summed E-state index contributed by atoms with van der Waals surface area (Å²) in [5.41, 5.74) is 0.0455. The number of rotatable bonds is 2. The molecule has 0 saturated heterocycles. The van der Waals surface area contributed by atoms with Gasteiger partial charge in [-0.15, -0.1) is 0 Å². The number of hydrogen-bond donors (Lipinski definition) is 0. The molecule has 17 heavy (non-hydrogen) atoms. The van der Waals surface area contributed by atoms with Crippen LogP contribution in [0, 0.1) is 11.6 Å². The van der Waals surface area contributed by atoms with Gasteiger partial charge in [0.25, 0.3) is 0 Å². The van der Waals surface area contributed by atoms with Gasteiger partial charge in [0.05, 0.1) is 13.3 Å². The molecule has 0 fully saturated rings. The Bertz CT molecular complexity index is 565. The lowest BCUT2D eigenvalue weighted by Crippen LogP contribution is -1.96. The average Bonchev–Trinajstić information content (AvgIpc) is 2.32. The lowest BCUT2D eigenvalue weighted by atomic mass is 10.2. The lowest BCUT2D eigenvalue weighted by Gasteiger charge is -2.04. The van der Waals surface area contributed by atoms with Crippen LogP contribution in [0.2, 0.25) is 5.28 Å². The molecule has 7 heteroatoms. The number of methoxy groups -OCH3 is 1. The summed E-state index contributed by atoms with van der Waals surface area (Å²) >= 11 is 5.54. The van der Waals surface area contributed by atoms with Crippen molar-refractivity contribution in [2.24, 2.45) is 0 Å². The highest BCUT2D eigenvalue weighted by atomic mass is 35.5. The molecule has 0 atom stereocenters. The van der Waals surface area contributed by atoms with Crippen molar-refractivity contribution in [1.82, 2.24) is 15.0 Å². The van der Waals surface area contributed by atoms with Gasteiger partial charge in [0.2, 0.25) is 11.2 Å². The van der Waals surface area contributed by atoms with Gasteiger partial charge in [-0.25, -0.2) is 23.7 Å². The first-order valence-corrected chi connectivity index (χ1v) is 4.87. The maximum atomic E-state index is 13.4. The Morgan fingerprint density at radius 3 is 2.59 bits per heavy atom. The summed E-state index contributed by atoms with van der Waals surface area (Å²) in [6, 6.07) is 1.06. The molecule has 88 valence electrons. The largest absolute Gasteiger partial charge is 0.479 e. The Morgan fingerprint density at radius 2 is 1.94 bits per heavy atom. The van der Waals surface area contributed by atoms with Gasteiger partial charge in [-0.3, -0.25) is 0 Å². The van der Waals surface area contributed by atoms with Gasteiger partial charge >= 0.3 is 0 Å². The molecule has 0 amide bonds. The van der Waals surface area contributed by atoms with Gasteiger partial charge in [0.1, 0.15) is 5.69 Å². The van der Waals surface area contributed by atoms with Gasteiger partial charge in [0.15, 0.2) is 11.6 Å². The van der Waals surface area contributed by atoms with Crippen LogP contribution < -0.4 is 4.74 Å². The van der Waals surface area contributed by atoms with E-state index in [1.54, 1.807) is 0 Å². The summed E-state index contributed by atoms with van der Waals surface area (Å²) < 4.78 is 31.4. The van der Waals surface area contributed by atoms with Crippen molar-refractivity contribution in [2.75, 3.05) is 7.11 Å². The molecule has 0 N–H and O–H groups in total. The summed E-state index contributed by atoms with van der Waals surface area (Å²) in [5, 5.41) is -0.127. The third-order valence-corrected chi connectivity index (χ3v) is 2.17. The Hall–Kier alpha value is -1.82. The molecule has 0 aliphatic heterocycles. The fourth-order valence-electron chi connectivity index (χ4n) is 1.25. The molecule has 0 aliphatic carbocycles. The van der Waals surface area contributed by atoms with Crippen molar-refractivity contribution >= 4 is 11.6 Å². The van der Waals surface area contributed by atoms with Crippen molar-refractivity contribution in [1.29, 1.82) is 0 Å². The van der Waals surface area contributed by atoms with Crippen LogP contribution in [0.25, 0.3) is 11.3 Å². The summed E-state index contributed by atoms with van der Waals surface area (Å²) in [6.45, 7) is 0. The maximum Gasteiger partial charge on any atom is 0.250 e. The molecule has 0 aliphatic rings. The van der Waals surface area contributed by atoms with Crippen LogP contribution in [0.5, 0.6) is 5.88 Å². The van der Waals surface area contributed by atoms with Crippen LogP contribution in [0.3, 0.4) is 0 Å². The first-order chi connectivity index (χ1) is 8.11. The van der Waals surface area contributed by atoms with E-state index in [4.69, 9.17) is 11.6 Å². The molecule has 2 aromatic heterocycles. The minimum Gasteiger partial charge on any atom is -0.479 e. The van der Waals surface area contributed by atoms with Crippen LogP contribution >= 0.6 is 11.6 Å². The van der Waals surface area contributed by atoms with Gasteiger partial charge in [-0.05, 0) is 17.7 Å². The van der Waals surface area contributed by atoms with Crippen LogP contribution in [0.1, 0.15) is 0 Å². The summed E-state index contributed by atoms with van der Waals surface area (Å²) in [6.07, 6.45) is 2.15. The number of pyridine rings is 1. The highest BCUT2D eigenvalue weighted by molar-refractivity contribution is 6.28. The predicted octanol–water partition coefficient (Wildman–Crippen LogP) is 2.48. The molecule has 0 unspecified atom stereocenters. The average molecular weight is 258 g/mol. The summed E-state index contributed by atoms with van der Waals surface area (Å²) in [4.78, 5) is 10.8. The van der Waals surface area contributed by atoms with E-state index in [1.807, 2.05) is 0 Å². The van der Waals surface area contributed by atoms with E-state index in [2.05, 4.69) is 19.7 Å². The fourth-order valence-corrected chi connectivity index (χ4v) is 1.39. The predicted molar refractivity (Wildman–Crippen MR) is 56.7 cm³/mol. The normalized spacial score (nSPS) is 10.4. The monoisotopic (exact) mass is 257 g/mol. The van der Waals surface area contributed by atoms with E-state index in [0.29, 0.717) is 0 Å². The van der Waals surface area contributed by atoms with Gasteiger partial charge in [-0.2, -0.15) is 0 Å². The first-order valence-electron chi connectivity index (χ1n) is 4.49. The SMILES string of the molecule is COc1ncc(-c2nc(Cl)ncc2F)cc1F. The van der Waals surface area contributed by atoms with Gasteiger partial charge < -0.3 is 4.74 Å². The maximum absolute atomic E-state index is 13.4. The van der Waals surface area contributed by atoms with Crippen molar-refractivity contribution in [3.63, 3.8) is 0 Å². The van der Waals surface area contributed by atoms with E-state index in [-0.39, 0.29) is 22.4 Å². The zero-order valence-electron chi connectivity index (χ0n) is 8.62. The molecule has 0 bridgehead atoms. The molecular formula is C10H6ClF2N3O. The van der Waals surface area contributed by atoms with E-state index < -0.39 is 11.6 Å². The van der Waals surface area contributed by atoms with Gasteiger partial charge in [-0.1, -0.05) is 0 Å². The second kappa shape index (κ2) is 4.58. The quantitative estimate of drug-likeness (QED) is 0.776. The fraction of sp³-hybridized carbons (Fsp3) is 0.100. The number of nitrogens with zero attached hydrogens (tertiary/aromatic N) is 3. The molecule has 0 spiro atoms. The third kappa shape index (κ3) is 2.31. The third-order valence-electron chi connectivity index (χ3n) is 1.99. The van der Waals surface area contributed by atoms with Crippen LogP contribution in [-0.4, -0.2) is 22.1 Å². The van der Waals surface area contributed by atoms with E-state index in [1.165, 1.54) is 13.3 Å². The molecule has 0 aromatic carbocycles. The number of hydrogen-bond acceptors (Lipinski definition) is 4. The number of ether oxygens (including phenoxy) is 1. The molecule has 0 radical (unpaired) electrons. The molecule has 2 rings (SSSR count). The summed E-state index contributed by atoms with van der Waals surface area (Å²) in [5.74, 6) is -1.59. The Kier molecular flexibility index (Phi) is 3.14. The second-order valence-electron chi connectivity index (χ2n) is 3.05. The van der Waals surface area contributed by atoms with Crippen LogP contribution in [-0.2, 0) is 0 Å². The lowest BCUT2D eigenvalue weighted by molar-refractivity contribution is 0.369. The highest BCUT2D eigenvalue weighted by Crippen LogP contribution is 2.24. The number of halogens is 3. The minimum absolute atomic E-state index is 0.112. The highest BCUT2D eigenvalue weighted by Gasteiger charge is 2.12. The molecule has 2 heterocycles. The first kappa shape index (κ1) is 11.7.